The molecule has 1 heterocycles. The molecule has 0 saturated carbocycles. The SMILES string of the molecule is C[C@H](Oc1ccc(F)cc1)C(=O)OCC(=O)Nc1sc2c(c1C#N)CCCC2. The predicted molar refractivity (Wildman–Crippen MR) is 102 cm³/mol. The summed E-state index contributed by atoms with van der Waals surface area (Å²) in [5.41, 5.74) is 1.53. The Morgan fingerprint density at radius 3 is 2.71 bits per heavy atom. The van der Waals surface area contributed by atoms with Crippen molar-refractivity contribution < 1.29 is 23.5 Å². The van der Waals surface area contributed by atoms with Crippen LogP contribution in [0.25, 0.3) is 0 Å². The molecule has 1 aliphatic carbocycles. The molecule has 1 amide bonds. The van der Waals surface area contributed by atoms with Crippen LogP contribution in [0.3, 0.4) is 0 Å². The van der Waals surface area contributed by atoms with Crippen molar-refractivity contribution in [2.45, 2.75) is 38.7 Å². The van der Waals surface area contributed by atoms with Gasteiger partial charge in [-0.3, -0.25) is 4.79 Å². The van der Waals surface area contributed by atoms with Gasteiger partial charge in [0.25, 0.3) is 5.91 Å². The summed E-state index contributed by atoms with van der Waals surface area (Å²) >= 11 is 1.41. The Labute approximate surface area is 165 Å². The highest BCUT2D eigenvalue weighted by molar-refractivity contribution is 7.16. The quantitative estimate of drug-likeness (QED) is 0.746. The van der Waals surface area contributed by atoms with E-state index in [1.54, 1.807) is 0 Å². The number of nitrogens with zero attached hydrogens (tertiary/aromatic N) is 1. The lowest BCUT2D eigenvalue weighted by Gasteiger charge is -2.13. The minimum atomic E-state index is -0.956. The second-order valence-electron chi connectivity index (χ2n) is 6.40. The van der Waals surface area contributed by atoms with Crippen LogP contribution in [0.15, 0.2) is 24.3 Å². The molecule has 0 saturated heterocycles. The summed E-state index contributed by atoms with van der Waals surface area (Å²) < 4.78 is 23.2. The van der Waals surface area contributed by atoms with Crippen molar-refractivity contribution in [1.29, 1.82) is 5.26 Å². The molecule has 0 aliphatic heterocycles. The third-order valence-corrected chi connectivity index (χ3v) is 5.55. The van der Waals surface area contributed by atoms with E-state index in [2.05, 4.69) is 11.4 Å². The summed E-state index contributed by atoms with van der Waals surface area (Å²) in [6.45, 7) is 0.994. The number of hydrogen-bond acceptors (Lipinski definition) is 6. The fourth-order valence-electron chi connectivity index (χ4n) is 2.95. The molecule has 0 spiro atoms. The Morgan fingerprint density at radius 2 is 2.00 bits per heavy atom. The maximum absolute atomic E-state index is 12.9. The molecular weight excluding hydrogens is 383 g/mol. The van der Waals surface area contributed by atoms with E-state index in [4.69, 9.17) is 9.47 Å². The topological polar surface area (TPSA) is 88.4 Å². The number of ether oxygens (including phenoxy) is 2. The lowest BCUT2D eigenvalue weighted by molar-refractivity contribution is -0.153. The molecule has 2 aromatic rings. The van der Waals surface area contributed by atoms with Crippen LogP contribution in [0.4, 0.5) is 9.39 Å². The highest BCUT2D eigenvalue weighted by Gasteiger charge is 2.23. The molecule has 6 nitrogen and oxygen atoms in total. The smallest absolute Gasteiger partial charge is 0.347 e. The van der Waals surface area contributed by atoms with Crippen molar-refractivity contribution in [3.05, 3.63) is 46.1 Å². The number of halogens is 1. The number of nitrogens with one attached hydrogen (secondary N) is 1. The molecule has 0 unspecified atom stereocenters. The molecule has 0 fully saturated rings. The number of nitriles is 1. The van der Waals surface area contributed by atoms with Gasteiger partial charge in [-0.2, -0.15) is 5.26 Å². The van der Waals surface area contributed by atoms with Crippen molar-refractivity contribution >= 4 is 28.2 Å². The zero-order valence-electron chi connectivity index (χ0n) is 15.3. The Hall–Kier alpha value is -2.92. The van der Waals surface area contributed by atoms with E-state index in [0.717, 1.165) is 36.1 Å². The first-order valence-electron chi connectivity index (χ1n) is 8.91. The first kappa shape index (κ1) is 19.8. The molecule has 0 radical (unpaired) electrons. The maximum Gasteiger partial charge on any atom is 0.347 e. The normalized spacial score (nSPS) is 13.8. The maximum atomic E-state index is 12.9. The van der Waals surface area contributed by atoms with Gasteiger partial charge in [-0.1, -0.05) is 0 Å². The highest BCUT2D eigenvalue weighted by Crippen LogP contribution is 2.37. The zero-order chi connectivity index (χ0) is 20.1. The second kappa shape index (κ2) is 8.85. The summed E-state index contributed by atoms with van der Waals surface area (Å²) in [5.74, 6) is -1.33. The van der Waals surface area contributed by atoms with E-state index in [1.165, 1.54) is 42.5 Å². The lowest BCUT2D eigenvalue weighted by Crippen LogP contribution is -2.29. The number of carbonyl (C=O) groups excluding carboxylic acids is 2. The Balaban J connectivity index is 1.53. The molecule has 1 aromatic carbocycles. The van der Waals surface area contributed by atoms with Crippen molar-refractivity contribution in [3.63, 3.8) is 0 Å². The summed E-state index contributed by atoms with van der Waals surface area (Å²) in [7, 11) is 0. The van der Waals surface area contributed by atoms with Gasteiger partial charge in [0.15, 0.2) is 12.7 Å². The minimum absolute atomic E-state index is 0.318. The number of anilines is 1. The monoisotopic (exact) mass is 402 g/mol. The summed E-state index contributed by atoms with van der Waals surface area (Å²) in [6.07, 6.45) is 2.92. The molecule has 28 heavy (non-hydrogen) atoms. The Bertz CT molecular complexity index is 918. The van der Waals surface area contributed by atoms with E-state index in [0.29, 0.717) is 16.3 Å². The summed E-state index contributed by atoms with van der Waals surface area (Å²) in [4.78, 5) is 25.3. The predicted octanol–water partition coefficient (Wildman–Crippen LogP) is 3.59. The fraction of sp³-hybridized carbons (Fsp3) is 0.350. The van der Waals surface area contributed by atoms with Crippen molar-refractivity contribution in [2.75, 3.05) is 11.9 Å². The number of fused-ring (bicyclic) bond motifs is 1. The summed E-state index contributed by atoms with van der Waals surface area (Å²) in [5, 5.41) is 12.6. The molecule has 1 N–H and O–H groups in total. The van der Waals surface area contributed by atoms with Crippen LogP contribution < -0.4 is 10.1 Å². The highest BCUT2D eigenvalue weighted by atomic mass is 32.1. The van der Waals surface area contributed by atoms with Gasteiger partial charge in [0.2, 0.25) is 0 Å². The number of esters is 1. The number of thiophene rings is 1. The van der Waals surface area contributed by atoms with Gasteiger partial charge in [-0.25, -0.2) is 9.18 Å². The van der Waals surface area contributed by atoms with Crippen LogP contribution in [-0.4, -0.2) is 24.6 Å². The van der Waals surface area contributed by atoms with Gasteiger partial charge in [0.05, 0.1) is 5.56 Å². The number of aryl methyl sites for hydroxylation is 1. The number of carbonyl (C=O) groups is 2. The zero-order valence-corrected chi connectivity index (χ0v) is 16.1. The van der Waals surface area contributed by atoms with E-state index >= 15 is 0 Å². The van der Waals surface area contributed by atoms with Gasteiger partial charge in [0.1, 0.15) is 22.6 Å². The van der Waals surface area contributed by atoms with Gasteiger partial charge in [0, 0.05) is 4.88 Å². The molecule has 0 bridgehead atoms. The van der Waals surface area contributed by atoms with Crippen molar-refractivity contribution in [1.82, 2.24) is 0 Å². The van der Waals surface area contributed by atoms with E-state index in [9.17, 15) is 19.2 Å². The largest absolute Gasteiger partial charge is 0.479 e. The van der Waals surface area contributed by atoms with Crippen LogP contribution in [0, 0.1) is 17.1 Å². The molecule has 8 heteroatoms. The van der Waals surface area contributed by atoms with Crippen molar-refractivity contribution in [2.24, 2.45) is 0 Å². The Kier molecular flexibility index (Phi) is 6.26. The summed E-state index contributed by atoms with van der Waals surface area (Å²) in [6, 6.07) is 7.39. The van der Waals surface area contributed by atoms with Gasteiger partial charge >= 0.3 is 5.97 Å². The van der Waals surface area contributed by atoms with Crippen LogP contribution in [0.5, 0.6) is 5.75 Å². The van der Waals surface area contributed by atoms with Crippen molar-refractivity contribution in [3.8, 4) is 11.8 Å². The third kappa shape index (κ3) is 4.67. The van der Waals surface area contributed by atoms with Gasteiger partial charge in [-0.15, -0.1) is 11.3 Å². The van der Waals surface area contributed by atoms with E-state index in [-0.39, 0.29) is 0 Å². The van der Waals surface area contributed by atoms with Crippen LogP contribution in [0.1, 0.15) is 35.8 Å². The van der Waals surface area contributed by atoms with Crippen LogP contribution in [0.2, 0.25) is 0 Å². The lowest BCUT2D eigenvalue weighted by atomic mass is 9.96. The molecule has 1 aromatic heterocycles. The van der Waals surface area contributed by atoms with E-state index in [1.807, 2.05) is 0 Å². The average Bonchev–Trinajstić information content (AvgIpc) is 3.04. The molecule has 3 rings (SSSR count). The number of rotatable bonds is 6. The molecule has 1 atom stereocenters. The van der Waals surface area contributed by atoms with Crippen LogP contribution in [-0.2, 0) is 27.2 Å². The second-order valence-corrected chi connectivity index (χ2v) is 7.50. The van der Waals surface area contributed by atoms with E-state index < -0.39 is 30.4 Å². The van der Waals surface area contributed by atoms with Gasteiger partial charge in [-0.05, 0) is 62.4 Å². The Morgan fingerprint density at radius 1 is 1.29 bits per heavy atom. The first-order chi connectivity index (χ1) is 13.5. The van der Waals surface area contributed by atoms with Crippen LogP contribution >= 0.6 is 11.3 Å². The number of benzene rings is 1. The molecular formula is C20H19FN2O4S. The standard InChI is InChI=1S/C20H19FN2O4S/c1-12(27-14-8-6-13(21)7-9-14)20(25)26-11-18(24)23-19-16(10-22)15-4-2-3-5-17(15)28-19/h6-9,12H,2-5,11H2,1H3,(H,23,24)/t12-/m0/s1. The first-order valence-corrected chi connectivity index (χ1v) is 9.73. The average molecular weight is 402 g/mol. The fourth-order valence-corrected chi connectivity index (χ4v) is 4.21. The van der Waals surface area contributed by atoms with Gasteiger partial charge < -0.3 is 14.8 Å². The minimum Gasteiger partial charge on any atom is -0.479 e. The molecule has 146 valence electrons. The number of hydrogen-bond donors (Lipinski definition) is 1. The molecule has 1 aliphatic rings. The number of amides is 1. The third-order valence-electron chi connectivity index (χ3n) is 4.34.